The van der Waals surface area contributed by atoms with Crippen LogP contribution in [-0.4, -0.2) is 52.7 Å². The summed E-state index contributed by atoms with van der Waals surface area (Å²) >= 11 is 0. The number of benzene rings is 3. The molecule has 1 aliphatic rings. The Hall–Kier alpha value is -5.12. The zero-order valence-corrected chi connectivity index (χ0v) is 23.3. The lowest BCUT2D eigenvalue weighted by Crippen LogP contribution is -2.58. The first-order valence-corrected chi connectivity index (χ1v) is 13.8. The Morgan fingerprint density at radius 1 is 0.953 bits per heavy atom. The summed E-state index contributed by atoms with van der Waals surface area (Å²) in [4.78, 5) is 36.5. The molecule has 0 bridgehead atoms. The number of hydrogen-bond donors (Lipinski definition) is 2. The van der Waals surface area contributed by atoms with E-state index in [-0.39, 0.29) is 17.0 Å². The fourth-order valence-corrected chi connectivity index (χ4v) is 5.32. The van der Waals surface area contributed by atoms with Crippen molar-refractivity contribution in [1.29, 1.82) is 0 Å². The minimum atomic E-state index is -2.92. The molecule has 218 valence electrons. The number of nitrogens with one attached hydrogen (secondary N) is 2. The zero-order valence-electron chi connectivity index (χ0n) is 23.3. The summed E-state index contributed by atoms with van der Waals surface area (Å²) in [5, 5.41) is 3.18. The van der Waals surface area contributed by atoms with Gasteiger partial charge in [-0.15, -0.1) is 0 Å². The van der Waals surface area contributed by atoms with E-state index in [0.717, 1.165) is 22.1 Å². The maximum absolute atomic E-state index is 15.5. The monoisotopic (exact) mass is 583 g/mol. The molecule has 5 aromatic rings. The van der Waals surface area contributed by atoms with Gasteiger partial charge in [-0.05, 0) is 35.4 Å². The number of pyridine rings is 1. The molecule has 0 saturated carbocycles. The van der Waals surface area contributed by atoms with Crippen molar-refractivity contribution in [2.75, 3.05) is 25.0 Å². The predicted octanol–water partition coefficient (Wildman–Crippen LogP) is 6.03. The molecule has 3 heterocycles. The van der Waals surface area contributed by atoms with Crippen LogP contribution >= 0.6 is 0 Å². The van der Waals surface area contributed by atoms with Crippen molar-refractivity contribution >= 4 is 28.5 Å². The highest BCUT2D eigenvalue weighted by Crippen LogP contribution is 2.35. The van der Waals surface area contributed by atoms with Crippen molar-refractivity contribution in [3.8, 4) is 11.3 Å². The Balaban J connectivity index is 1.42. The SMILES string of the molecule is CNC(=O)c1cnc(N(Cc2ccccc2)Cc2ccccc2)c2[nH]c(-c3ccc(C(=O)N4CC(F)(F)C4)cc3F)cc12. The van der Waals surface area contributed by atoms with Gasteiger partial charge in [0.05, 0.1) is 24.2 Å². The van der Waals surface area contributed by atoms with Gasteiger partial charge < -0.3 is 20.1 Å². The van der Waals surface area contributed by atoms with Gasteiger partial charge in [-0.3, -0.25) is 9.59 Å². The van der Waals surface area contributed by atoms with Crippen molar-refractivity contribution < 1.29 is 22.8 Å². The number of aromatic nitrogens is 2. The highest BCUT2D eigenvalue weighted by atomic mass is 19.3. The van der Waals surface area contributed by atoms with Crippen LogP contribution in [-0.2, 0) is 13.1 Å². The number of carbonyl (C=O) groups is 2. The van der Waals surface area contributed by atoms with Crippen LogP contribution in [0.15, 0.2) is 91.1 Å². The Morgan fingerprint density at radius 3 is 2.14 bits per heavy atom. The Kier molecular flexibility index (Phi) is 7.35. The quantitative estimate of drug-likeness (QED) is 0.234. The van der Waals surface area contributed by atoms with Crippen LogP contribution in [0, 0.1) is 5.82 Å². The molecule has 43 heavy (non-hydrogen) atoms. The van der Waals surface area contributed by atoms with Crippen LogP contribution < -0.4 is 10.2 Å². The number of H-pyrrole nitrogens is 1. The minimum absolute atomic E-state index is 0.0156. The average Bonchev–Trinajstić information content (AvgIpc) is 3.44. The second kappa shape index (κ2) is 11.3. The summed E-state index contributed by atoms with van der Waals surface area (Å²) < 4.78 is 42.0. The van der Waals surface area contributed by atoms with E-state index >= 15 is 4.39 Å². The van der Waals surface area contributed by atoms with Crippen LogP contribution in [0.5, 0.6) is 0 Å². The topological polar surface area (TPSA) is 81.3 Å². The molecule has 2 aromatic heterocycles. The molecule has 1 fully saturated rings. The third kappa shape index (κ3) is 5.68. The van der Waals surface area contributed by atoms with Crippen LogP contribution in [0.2, 0.25) is 0 Å². The Labute approximate surface area is 246 Å². The molecule has 2 N–H and O–H groups in total. The van der Waals surface area contributed by atoms with Gasteiger partial charge in [-0.25, -0.2) is 18.2 Å². The average molecular weight is 584 g/mol. The summed E-state index contributed by atoms with van der Waals surface area (Å²) in [6, 6.07) is 25.4. The van der Waals surface area contributed by atoms with Crippen molar-refractivity contribution in [2.24, 2.45) is 0 Å². The molecular formula is C33H28F3N5O2. The molecule has 0 aliphatic carbocycles. The van der Waals surface area contributed by atoms with E-state index in [2.05, 4.69) is 15.2 Å². The highest BCUT2D eigenvalue weighted by Gasteiger charge is 2.46. The van der Waals surface area contributed by atoms with Gasteiger partial charge >= 0.3 is 0 Å². The number of fused-ring (bicyclic) bond motifs is 1. The van der Waals surface area contributed by atoms with Gasteiger partial charge in [0.1, 0.15) is 5.82 Å². The predicted molar refractivity (Wildman–Crippen MR) is 158 cm³/mol. The largest absolute Gasteiger partial charge is 0.355 e. The lowest BCUT2D eigenvalue weighted by Gasteiger charge is -2.38. The van der Waals surface area contributed by atoms with Gasteiger partial charge in [0.15, 0.2) is 5.82 Å². The maximum atomic E-state index is 15.5. The molecule has 10 heteroatoms. The Morgan fingerprint density at radius 2 is 1.58 bits per heavy atom. The number of anilines is 1. The fraction of sp³-hybridized carbons (Fsp3) is 0.182. The first kappa shape index (κ1) is 28.0. The number of hydrogen-bond acceptors (Lipinski definition) is 4. The molecule has 3 aromatic carbocycles. The summed E-state index contributed by atoms with van der Waals surface area (Å²) in [6.45, 7) is -0.325. The van der Waals surface area contributed by atoms with Gasteiger partial charge in [-0.1, -0.05) is 60.7 Å². The van der Waals surface area contributed by atoms with Gasteiger partial charge in [0, 0.05) is 48.5 Å². The second-order valence-electron chi connectivity index (χ2n) is 10.6. The maximum Gasteiger partial charge on any atom is 0.282 e. The molecule has 0 atom stereocenters. The smallest absolute Gasteiger partial charge is 0.282 e. The number of rotatable bonds is 8. The van der Waals surface area contributed by atoms with Crippen molar-refractivity contribution in [3.63, 3.8) is 0 Å². The fourth-order valence-electron chi connectivity index (χ4n) is 5.32. The van der Waals surface area contributed by atoms with E-state index in [1.165, 1.54) is 25.4 Å². The van der Waals surface area contributed by atoms with E-state index in [9.17, 15) is 18.4 Å². The summed E-state index contributed by atoms with van der Waals surface area (Å²) in [6.07, 6.45) is 1.51. The number of amides is 2. The Bertz CT molecular complexity index is 1760. The third-order valence-corrected chi connectivity index (χ3v) is 7.49. The number of alkyl halides is 2. The lowest BCUT2D eigenvalue weighted by atomic mass is 10.0. The van der Waals surface area contributed by atoms with Crippen molar-refractivity contribution in [2.45, 2.75) is 19.0 Å². The van der Waals surface area contributed by atoms with Crippen molar-refractivity contribution in [1.82, 2.24) is 20.2 Å². The zero-order chi connectivity index (χ0) is 30.1. The van der Waals surface area contributed by atoms with Crippen molar-refractivity contribution in [3.05, 3.63) is 119 Å². The first-order valence-electron chi connectivity index (χ1n) is 13.8. The number of carbonyl (C=O) groups excluding carboxylic acids is 2. The molecule has 2 amide bonds. The van der Waals surface area contributed by atoms with Gasteiger partial charge in [0.2, 0.25) is 0 Å². The second-order valence-corrected chi connectivity index (χ2v) is 10.6. The number of aromatic amines is 1. The molecule has 1 aliphatic heterocycles. The summed E-state index contributed by atoms with van der Waals surface area (Å²) in [5.74, 6) is -4.04. The van der Waals surface area contributed by atoms with E-state index in [1.807, 2.05) is 60.7 Å². The highest BCUT2D eigenvalue weighted by molar-refractivity contribution is 6.09. The standard InChI is InChI=1S/C33H28F3N5O2/c1-37-31(42)26-16-38-30(40(17-21-8-4-2-5-9-21)18-22-10-6-3-7-11-22)29-25(26)15-28(39-29)24-13-12-23(14-27(24)34)32(43)41-19-33(35,36)20-41/h2-16,39H,17-20H2,1H3,(H,37,42). The number of halogens is 3. The van der Waals surface area contributed by atoms with Gasteiger partial charge in [-0.2, -0.15) is 0 Å². The van der Waals surface area contributed by atoms with Crippen LogP contribution in [0.3, 0.4) is 0 Å². The molecule has 0 radical (unpaired) electrons. The van der Waals surface area contributed by atoms with Crippen LogP contribution in [0.4, 0.5) is 19.0 Å². The number of nitrogens with zero attached hydrogens (tertiary/aromatic N) is 3. The van der Waals surface area contributed by atoms with E-state index < -0.39 is 30.7 Å². The molecule has 6 rings (SSSR count). The first-order chi connectivity index (χ1) is 20.7. The molecule has 1 saturated heterocycles. The van der Waals surface area contributed by atoms with E-state index in [4.69, 9.17) is 4.98 Å². The van der Waals surface area contributed by atoms with Crippen LogP contribution in [0.1, 0.15) is 31.8 Å². The molecule has 0 unspecified atom stereocenters. The summed E-state index contributed by atoms with van der Waals surface area (Å²) in [5.41, 5.74) is 3.50. The van der Waals surface area contributed by atoms with Gasteiger partial charge in [0.25, 0.3) is 17.7 Å². The summed E-state index contributed by atoms with van der Waals surface area (Å²) in [7, 11) is 1.52. The minimum Gasteiger partial charge on any atom is -0.355 e. The molecular weight excluding hydrogens is 555 g/mol. The third-order valence-electron chi connectivity index (χ3n) is 7.49. The molecule has 7 nitrogen and oxygen atoms in total. The van der Waals surface area contributed by atoms with Crippen LogP contribution in [0.25, 0.3) is 22.2 Å². The lowest BCUT2D eigenvalue weighted by molar-refractivity contribution is -0.113. The van der Waals surface area contributed by atoms with E-state index in [1.54, 1.807) is 6.07 Å². The number of likely N-dealkylation sites (tertiary alicyclic amines) is 1. The molecule has 0 spiro atoms. The normalized spacial score (nSPS) is 13.9. The van der Waals surface area contributed by atoms with E-state index in [0.29, 0.717) is 41.1 Å².